The van der Waals surface area contributed by atoms with E-state index in [4.69, 9.17) is 9.84 Å². The summed E-state index contributed by atoms with van der Waals surface area (Å²) in [6.45, 7) is 3.42. The molecule has 66 valence electrons. The minimum absolute atomic E-state index is 0.175. The quantitative estimate of drug-likeness (QED) is 0.500. The lowest BCUT2D eigenvalue weighted by Gasteiger charge is -2.20. The molecule has 0 radical (unpaired) electrons. The van der Waals surface area contributed by atoms with Crippen LogP contribution in [0.1, 0.15) is 19.3 Å². The van der Waals surface area contributed by atoms with Crippen molar-refractivity contribution in [2.24, 2.45) is 0 Å². The van der Waals surface area contributed by atoms with Crippen LogP contribution in [0.2, 0.25) is 0 Å². The standard InChI is InChI=1S/C8H10O4/c1-2-4-8(7(10)11)5-3-6(9)12-8/h2H,1,3-5H2,(H,10,11)/t8-/m1/s1. The van der Waals surface area contributed by atoms with E-state index < -0.39 is 17.5 Å². The summed E-state index contributed by atoms with van der Waals surface area (Å²) >= 11 is 0. The van der Waals surface area contributed by atoms with Gasteiger partial charge in [0.1, 0.15) is 0 Å². The number of rotatable bonds is 3. The third-order valence-electron chi connectivity index (χ3n) is 1.91. The average molecular weight is 170 g/mol. The van der Waals surface area contributed by atoms with Gasteiger partial charge in [-0.05, 0) is 0 Å². The average Bonchev–Trinajstić information content (AvgIpc) is 2.34. The first-order valence-electron chi connectivity index (χ1n) is 3.67. The second kappa shape index (κ2) is 2.97. The minimum Gasteiger partial charge on any atom is -0.478 e. The Morgan fingerprint density at radius 3 is 2.83 bits per heavy atom. The molecular weight excluding hydrogens is 160 g/mol. The molecule has 4 heteroatoms. The molecule has 1 fully saturated rings. The normalized spacial score (nSPS) is 28.2. The van der Waals surface area contributed by atoms with Crippen molar-refractivity contribution < 1.29 is 19.4 Å². The lowest BCUT2D eigenvalue weighted by Crippen LogP contribution is -2.37. The van der Waals surface area contributed by atoms with Crippen molar-refractivity contribution in [2.45, 2.75) is 24.9 Å². The van der Waals surface area contributed by atoms with Gasteiger partial charge in [-0.25, -0.2) is 4.79 Å². The SMILES string of the molecule is C=CC[C@]1(C(=O)O)CCC(=O)O1. The number of hydrogen-bond acceptors (Lipinski definition) is 3. The molecule has 1 rings (SSSR count). The van der Waals surface area contributed by atoms with Crippen LogP contribution in [0.4, 0.5) is 0 Å². The molecular formula is C8H10O4. The Morgan fingerprint density at radius 2 is 2.50 bits per heavy atom. The van der Waals surface area contributed by atoms with Crippen LogP contribution in [0.5, 0.6) is 0 Å². The van der Waals surface area contributed by atoms with Gasteiger partial charge >= 0.3 is 11.9 Å². The third-order valence-corrected chi connectivity index (χ3v) is 1.91. The number of carbonyl (C=O) groups is 2. The van der Waals surface area contributed by atoms with Crippen LogP contribution in [-0.4, -0.2) is 22.6 Å². The van der Waals surface area contributed by atoms with Gasteiger partial charge in [0.15, 0.2) is 0 Å². The van der Waals surface area contributed by atoms with E-state index in [9.17, 15) is 9.59 Å². The molecule has 1 saturated heterocycles. The molecule has 0 spiro atoms. The molecule has 1 heterocycles. The highest BCUT2D eigenvalue weighted by atomic mass is 16.6. The van der Waals surface area contributed by atoms with E-state index in [1.807, 2.05) is 0 Å². The van der Waals surface area contributed by atoms with Gasteiger partial charge in [-0.3, -0.25) is 4.79 Å². The first-order valence-corrected chi connectivity index (χ1v) is 3.67. The van der Waals surface area contributed by atoms with Crippen molar-refractivity contribution in [1.82, 2.24) is 0 Å². The van der Waals surface area contributed by atoms with Gasteiger partial charge in [-0.2, -0.15) is 0 Å². The highest BCUT2D eigenvalue weighted by Gasteiger charge is 2.46. The molecule has 0 aromatic rings. The number of hydrogen-bond donors (Lipinski definition) is 1. The summed E-state index contributed by atoms with van der Waals surface area (Å²) in [5.74, 6) is -1.53. The predicted molar refractivity (Wildman–Crippen MR) is 40.5 cm³/mol. The number of carboxylic acids is 1. The van der Waals surface area contributed by atoms with Gasteiger partial charge in [0, 0.05) is 19.3 Å². The summed E-state index contributed by atoms with van der Waals surface area (Å²) in [7, 11) is 0. The molecule has 12 heavy (non-hydrogen) atoms. The molecule has 1 atom stereocenters. The molecule has 4 nitrogen and oxygen atoms in total. The minimum atomic E-state index is -1.33. The lowest BCUT2D eigenvalue weighted by molar-refractivity contribution is -0.169. The van der Waals surface area contributed by atoms with Gasteiger partial charge in [0.25, 0.3) is 0 Å². The number of esters is 1. The van der Waals surface area contributed by atoms with Gasteiger partial charge in [-0.1, -0.05) is 6.08 Å². The zero-order valence-electron chi connectivity index (χ0n) is 6.58. The van der Waals surface area contributed by atoms with E-state index in [2.05, 4.69) is 6.58 Å². The maximum Gasteiger partial charge on any atom is 0.348 e. The fourth-order valence-corrected chi connectivity index (χ4v) is 1.24. The molecule has 0 aliphatic carbocycles. The van der Waals surface area contributed by atoms with Crippen LogP contribution >= 0.6 is 0 Å². The smallest absolute Gasteiger partial charge is 0.348 e. The molecule has 1 aliphatic heterocycles. The Balaban J connectivity index is 2.80. The molecule has 0 aromatic carbocycles. The summed E-state index contributed by atoms with van der Waals surface area (Å²) in [6.07, 6.45) is 2.05. The maximum absolute atomic E-state index is 10.7. The first kappa shape index (κ1) is 8.77. The molecule has 0 amide bonds. The second-order valence-corrected chi connectivity index (χ2v) is 2.77. The molecule has 0 bridgehead atoms. The Labute approximate surface area is 69.8 Å². The zero-order valence-corrected chi connectivity index (χ0v) is 6.58. The highest BCUT2D eigenvalue weighted by molar-refractivity contribution is 5.85. The van der Waals surface area contributed by atoms with Crippen molar-refractivity contribution in [3.63, 3.8) is 0 Å². The van der Waals surface area contributed by atoms with Crippen LogP contribution < -0.4 is 0 Å². The Hall–Kier alpha value is -1.32. The summed E-state index contributed by atoms with van der Waals surface area (Å²) in [6, 6.07) is 0. The predicted octanol–water partition coefficient (Wildman–Crippen LogP) is 0.723. The number of ether oxygens (including phenoxy) is 1. The van der Waals surface area contributed by atoms with E-state index >= 15 is 0 Å². The van der Waals surface area contributed by atoms with E-state index in [1.165, 1.54) is 6.08 Å². The number of carboxylic acid groups (broad SMARTS) is 1. The first-order chi connectivity index (χ1) is 5.60. The van der Waals surface area contributed by atoms with E-state index in [0.29, 0.717) is 0 Å². The van der Waals surface area contributed by atoms with Crippen LogP contribution in [0.15, 0.2) is 12.7 Å². The Kier molecular flexibility index (Phi) is 2.17. The summed E-state index contributed by atoms with van der Waals surface area (Å²) in [5, 5.41) is 8.79. The van der Waals surface area contributed by atoms with Gasteiger partial charge in [0.05, 0.1) is 0 Å². The van der Waals surface area contributed by atoms with Gasteiger partial charge in [-0.15, -0.1) is 6.58 Å². The second-order valence-electron chi connectivity index (χ2n) is 2.77. The van der Waals surface area contributed by atoms with Gasteiger partial charge < -0.3 is 9.84 Å². The van der Waals surface area contributed by atoms with E-state index in [0.717, 1.165) is 0 Å². The van der Waals surface area contributed by atoms with Crippen molar-refractivity contribution >= 4 is 11.9 Å². The Morgan fingerprint density at radius 1 is 1.83 bits per heavy atom. The molecule has 0 saturated carbocycles. The van der Waals surface area contributed by atoms with Crippen molar-refractivity contribution in [3.05, 3.63) is 12.7 Å². The van der Waals surface area contributed by atoms with Crippen LogP contribution in [0.25, 0.3) is 0 Å². The van der Waals surface area contributed by atoms with E-state index in [1.54, 1.807) is 0 Å². The summed E-state index contributed by atoms with van der Waals surface area (Å²) in [4.78, 5) is 21.5. The highest BCUT2D eigenvalue weighted by Crippen LogP contribution is 2.30. The zero-order chi connectivity index (χ0) is 9.19. The molecule has 1 N–H and O–H groups in total. The third kappa shape index (κ3) is 1.32. The van der Waals surface area contributed by atoms with Gasteiger partial charge in [0.2, 0.25) is 5.60 Å². The fraction of sp³-hybridized carbons (Fsp3) is 0.500. The topological polar surface area (TPSA) is 63.6 Å². The number of cyclic esters (lactones) is 1. The lowest BCUT2D eigenvalue weighted by atomic mass is 9.96. The van der Waals surface area contributed by atoms with Crippen LogP contribution in [-0.2, 0) is 14.3 Å². The van der Waals surface area contributed by atoms with Crippen molar-refractivity contribution in [3.8, 4) is 0 Å². The number of carbonyl (C=O) groups excluding carboxylic acids is 1. The van der Waals surface area contributed by atoms with E-state index in [-0.39, 0.29) is 19.3 Å². The van der Waals surface area contributed by atoms with Crippen molar-refractivity contribution in [1.29, 1.82) is 0 Å². The van der Waals surface area contributed by atoms with Crippen molar-refractivity contribution in [2.75, 3.05) is 0 Å². The molecule has 0 aromatic heterocycles. The monoisotopic (exact) mass is 170 g/mol. The van der Waals surface area contributed by atoms with Crippen LogP contribution in [0, 0.1) is 0 Å². The molecule has 0 unspecified atom stereocenters. The summed E-state index contributed by atoms with van der Waals surface area (Å²) in [5.41, 5.74) is -1.33. The number of aliphatic carboxylic acids is 1. The largest absolute Gasteiger partial charge is 0.478 e. The van der Waals surface area contributed by atoms with Crippen LogP contribution in [0.3, 0.4) is 0 Å². The molecule has 1 aliphatic rings. The maximum atomic E-state index is 10.7. The fourth-order valence-electron chi connectivity index (χ4n) is 1.24. The summed E-state index contributed by atoms with van der Waals surface area (Å²) < 4.78 is 4.74. The Bertz CT molecular complexity index is 233.